The van der Waals surface area contributed by atoms with E-state index >= 15 is 0 Å². The zero-order valence-corrected chi connectivity index (χ0v) is 9.60. The fraction of sp³-hybridized carbons (Fsp3) is 0.700. The highest BCUT2D eigenvalue weighted by Crippen LogP contribution is 2.24. The van der Waals surface area contributed by atoms with Crippen LogP contribution in [-0.4, -0.2) is 27.8 Å². The third-order valence-corrected chi connectivity index (χ3v) is 3.85. The Morgan fingerprint density at radius 2 is 2.57 bits per heavy atom. The van der Waals surface area contributed by atoms with Crippen LogP contribution in [0.4, 0.5) is 5.69 Å². The maximum atomic E-state index is 4.31. The minimum Gasteiger partial charge on any atom is -0.382 e. The van der Waals surface area contributed by atoms with Crippen LogP contribution in [0.25, 0.3) is 0 Å². The molecule has 3 nitrogen and oxygen atoms in total. The highest BCUT2D eigenvalue weighted by molar-refractivity contribution is 7.99. The quantitative estimate of drug-likeness (QED) is 0.828. The summed E-state index contributed by atoms with van der Waals surface area (Å²) < 4.78 is 1.86. The SMILES string of the molecule is Cc1nn(C)cc1NCC1CCSC1. The number of thioether (sulfide) groups is 1. The lowest BCUT2D eigenvalue weighted by Gasteiger charge is -2.09. The average molecular weight is 211 g/mol. The summed E-state index contributed by atoms with van der Waals surface area (Å²) in [5.74, 6) is 3.49. The molecular formula is C10H17N3S. The van der Waals surface area contributed by atoms with E-state index in [4.69, 9.17) is 0 Å². The molecule has 1 aromatic heterocycles. The number of aryl methyl sites for hydroxylation is 2. The van der Waals surface area contributed by atoms with Gasteiger partial charge in [0.15, 0.2) is 0 Å². The van der Waals surface area contributed by atoms with Gasteiger partial charge in [-0.05, 0) is 30.8 Å². The molecule has 0 bridgehead atoms. The fourth-order valence-corrected chi connectivity index (χ4v) is 3.06. The predicted molar refractivity (Wildman–Crippen MR) is 61.9 cm³/mol. The van der Waals surface area contributed by atoms with E-state index in [9.17, 15) is 0 Å². The van der Waals surface area contributed by atoms with Gasteiger partial charge in [0.05, 0.1) is 11.4 Å². The number of hydrogen-bond acceptors (Lipinski definition) is 3. The second-order valence-corrected chi connectivity index (χ2v) is 5.06. The standard InChI is InChI=1S/C10H17N3S/c1-8-10(6-13(2)12-8)11-5-9-3-4-14-7-9/h6,9,11H,3-5,7H2,1-2H3. The molecule has 1 atom stereocenters. The van der Waals surface area contributed by atoms with Crippen LogP contribution in [0.15, 0.2) is 6.20 Å². The Bertz CT molecular complexity index is 302. The van der Waals surface area contributed by atoms with Gasteiger partial charge in [0.2, 0.25) is 0 Å². The van der Waals surface area contributed by atoms with Crippen molar-refractivity contribution in [3.8, 4) is 0 Å². The molecule has 0 saturated carbocycles. The van der Waals surface area contributed by atoms with Gasteiger partial charge in [-0.1, -0.05) is 0 Å². The minimum absolute atomic E-state index is 0.847. The molecule has 2 rings (SSSR count). The number of nitrogens with zero attached hydrogens (tertiary/aromatic N) is 2. The first-order valence-corrected chi connectivity index (χ1v) is 6.23. The lowest BCUT2D eigenvalue weighted by molar-refractivity contribution is 0.631. The van der Waals surface area contributed by atoms with Crippen molar-refractivity contribution >= 4 is 17.4 Å². The molecule has 78 valence electrons. The van der Waals surface area contributed by atoms with Crippen LogP contribution >= 0.6 is 11.8 Å². The summed E-state index contributed by atoms with van der Waals surface area (Å²) in [5.41, 5.74) is 2.28. The zero-order valence-electron chi connectivity index (χ0n) is 8.79. The lowest BCUT2D eigenvalue weighted by atomic mass is 10.1. The fourth-order valence-electron chi connectivity index (χ4n) is 1.77. The summed E-state index contributed by atoms with van der Waals surface area (Å²) >= 11 is 2.07. The van der Waals surface area contributed by atoms with Crippen molar-refractivity contribution < 1.29 is 0 Å². The van der Waals surface area contributed by atoms with Crippen molar-refractivity contribution in [1.82, 2.24) is 9.78 Å². The molecule has 1 fully saturated rings. The maximum absolute atomic E-state index is 4.31. The van der Waals surface area contributed by atoms with E-state index in [1.54, 1.807) is 0 Å². The van der Waals surface area contributed by atoms with Crippen LogP contribution in [-0.2, 0) is 7.05 Å². The largest absolute Gasteiger partial charge is 0.382 e. The van der Waals surface area contributed by atoms with Crippen molar-refractivity contribution in [2.24, 2.45) is 13.0 Å². The average Bonchev–Trinajstić information content (AvgIpc) is 2.72. The molecule has 0 amide bonds. The van der Waals surface area contributed by atoms with Gasteiger partial charge in [-0.25, -0.2) is 0 Å². The molecule has 0 radical (unpaired) electrons. The van der Waals surface area contributed by atoms with Gasteiger partial charge in [0.1, 0.15) is 0 Å². The van der Waals surface area contributed by atoms with E-state index in [-0.39, 0.29) is 0 Å². The molecule has 4 heteroatoms. The smallest absolute Gasteiger partial charge is 0.0824 e. The summed E-state index contributed by atoms with van der Waals surface area (Å²) in [6, 6.07) is 0. The van der Waals surface area contributed by atoms with Gasteiger partial charge < -0.3 is 5.32 Å². The molecule has 0 spiro atoms. The second-order valence-electron chi connectivity index (χ2n) is 3.91. The van der Waals surface area contributed by atoms with Crippen molar-refractivity contribution in [1.29, 1.82) is 0 Å². The summed E-state index contributed by atoms with van der Waals surface area (Å²) in [4.78, 5) is 0. The molecule has 0 aromatic carbocycles. The molecule has 2 heterocycles. The number of anilines is 1. The van der Waals surface area contributed by atoms with Crippen LogP contribution in [0.1, 0.15) is 12.1 Å². The van der Waals surface area contributed by atoms with Gasteiger partial charge >= 0.3 is 0 Å². The number of hydrogen-bond donors (Lipinski definition) is 1. The van der Waals surface area contributed by atoms with Gasteiger partial charge in [-0.15, -0.1) is 0 Å². The van der Waals surface area contributed by atoms with Crippen molar-refractivity contribution in [2.45, 2.75) is 13.3 Å². The van der Waals surface area contributed by atoms with Crippen LogP contribution in [0.3, 0.4) is 0 Å². The van der Waals surface area contributed by atoms with Crippen LogP contribution in [0.2, 0.25) is 0 Å². The van der Waals surface area contributed by atoms with Crippen molar-refractivity contribution in [3.63, 3.8) is 0 Å². The molecule has 1 aliphatic heterocycles. The van der Waals surface area contributed by atoms with E-state index < -0.39 is 0 Å². The lowest BCUT2D eigenvalue weighted by Crippen LogP contribution is -2.13. The van der Waals surface area contributed by atoms with Crippen LogP contribution in [0.5, 0.6) is 0 Å². The molecule has 1 N–H and O–H groups in total. The van der Waals surface area contributed by atoms with E-state index in [0.29, 0.717) is 0 Å². The molecule has 14 heavy (non-hydrogen) atoms. The van der Waals surface area contributed by atoms with E-state index in [0.717, 1.165) is 18.2 Å². The Labute approximate surface area is 89.3 Å². The summed E-state index contributed by atoms with van der Waals surface area (Å²) in [6.45, 7) is 3.14. The first-order valence-electron chi connectivity index (χ1n) is 5.07. The monoisotopic (exact) mass is 211 g/mol. The van der Waals surface area contributed by atoms with E-state index in [1.165, 1.54) is 23.6 Å². The molecular weight excluding hydrogens is 194 g/mol. The van der Waals surface area contributed by atoms with Gasteiger partial charge in [-0.3, -0.25) is 4.68 Å². The topological polar surface area (TPSA) is 29.9 Å². The van der Waals surface area contributed by atoms with Crippen LogP contribution < -0.4 is 5.32 Å². The molecule has 0 aliphatic carbocycles. The van der Waals surface area contributed by atoms with Gasteiger partial charge in [0, 0.05) is 19.8 Å². The Morgan fingerprint density at radius 1 is 1.71 bits per heavy atom. The van der Waals surface area contributed by atoms with Crippen molar-refractivity contribution in [3.05, 3.63) is 11.9 Å². The maximum Gasteiger partial charge on any atom is 0.0824 e. The molecule has 1 saturated heterocycles. The van der Waals surface area contributed by atoms with Crippen LogP contribution in [0, 0.1) is 12.8 Å². The zero-order chi connectivity index (χ0) is 9.97. The van der Waals surface area contributed by atoms with E-state index in [1.807, 2.05) is 18.7 Å². The van der Waals surface area contributed by atoms with E-state index in [2.05, 4.69) is 28.4 Å². The summed E-state index contributed by atoms with van der Waals surface area (Å²) in [7, 11) is 1.96. The highest BCUT2D eigenvalue weighted by Gasteiger charge is 2.15. The third-order valence-electron chi connectivity index (χ3n) is 2.62. The first-order chi connectivity index (χ1) is 6.75. The number of rotatable bonds is 3. The Balaban J connectivity index is 1.87. The Hall–Kier alpha value is -0.640. The number of aromatic nitrogens is 2. The first kappa shape index (κ1) is 9.90. The van der Waals surface area contributed by atoms with Gasteiger partial charge in [-0.2, -0.15) is 16.9 Å². The van der Waals surface area contributed by atoms with Gasteiger partial charge in [0.25, 0.3) is 0 Å². The summed E-state index contributed by atoms with van der Waals surface area (Å²) in [5, 5.41) is 7.78. The molecule has 1 aromatic rings. The third kappa shape index (κ3) is 2.23. The van der Waals surface area contributed by atoms with Crippen molar-refractivity contribution in [2.75, 3.05) is 23.4 Å². The number of nitrogens with one attached hydrogen (secondary N) is 1. The predicted octanol–water partition coefficient (Wildman–Crippen LogP) is 1.89. The second kappa shape index (κ2) is 4.26. The minimum atomic E-state index is 0.847. The highest BCUT2D eigenvalue weighted by atomic mass is 32.2. The Kier molecular flexibility index (Phi) is 3.01. The normalized spacial score (nSPS) is 21.4. The Morgan fingerprint density at radius 3 is 3.14 bits per heavy atom. The molecule has 1 aliphatic rings. The summed E-state index contributed by atoms with van der Waals surface area (Å²) in [6.07, 6.45) is 3.41. The molecule has 1 unspecified atom stereocenters.